The number of rotatable bonds is 3. The Hall–Kier alpha value is -0.420. The first-order valence-electron chi connectivity index (χ1n) is 6.61. The predicted molar refractivity (Wildman–Crippen MR) is 75.4 cm³/mol. The SMILES string of the molecule is NCC(c1cccc(Br)c1)N1CC2CCC(C1)O2. The van der Waals surface area contributed by atoms with Crippen LogP contribution in [0.5, 0.6) is 0 Å². The Bertz CT molecular complexity index is 414. The van der Waals surface area contributed by atoms with Crippen LogP contribution in [0.4, 0.5) is 0 Å². The van der Waals surface area contributed by atoms with Crippen LogP contribution in [0.2, 0.25) is 0 Å². The van der Waals surface area contributed by atoms with Gasteiger partial charge in [0.1, 0.15) is 0 Å². The van der Waals surface area contributed by atoms with Gasteiger partial charge in [0.2, 0.25) is 0 Å². The van der Waals surface area contributed by atoms with Gasteiger partial charge >= 0.3 is 0 Å². The van der Waals surface area contributed by atoms with E-state index in [1.807, 2.05) is 0 Å². The Balaban J connectivity index is 1.80. The molecule has 3 rings (SSSR count). The minimum Gasteiger partial charge on any atom is -0.372 e. The average molecular weight is 311 g/mol. The summed E-state index contributed by atoms with van der Waals surface area (Å²) in [6, 6.07) is 8.79. The normalized spacial score (nSPS) is 29.4. The van der Waals surface area contributed by atoms with E-state index >= 15 is 0 Å². The monoisotopic (exact) mass is 310 g/mol. The highest BCUT2D eigenvalue weighted by Gasteiger charge is 2.36. The molecule has 2 aliphatic rings. The molecule has 98 valence electrons. The van der Waals surface area contributed by atoms with Crippen molar-refractivity contribution in [2.24, 2.45) is 5.73 Å². The molecule has 4 heteroatoms. The smallest absolute Gasteiger partial charge is 0.0707 e. The minimum absolute atomic E-state index is 0.314. The highest BCUT2D eigenvalue weighted by Crippen LogP contribution is 2.32. The standard InChI is InChI=1S/C14H19BrN2O/c15-11-3-1-2-10(6-11)14(7-16)17-8-12-4-5-13(9-17)18-12/h1-3,6,12-14H,4-5,7-9,16H2. The van der Waals surface area contributed by atoms with Gasteiger partial charge in [0, 0.05) is 30.1 Å². The van der Waals surface area contributed by atoms with Gasteiger partial charge < -0.3 is 10.5 Å². The lowest BCUT2D eigenvalue weighted by atomic mass is 10.0. The van der Waals surface area contributed by atoms with E-state index in [0.29, 0.717) is 24.8 Å². The molecule has 0 spiro atoms. The van der Waals surface area contributed by atoms with Gasteiger partial charge in [-0.3, -0.25) is 4.90 Å². The third kappa shape index (κ3) is 2.48. The van der Waals surface area contributed by atoms with Crippen LogP contribution < -0.4 is 5.73 Å². The Kier molecular flexibility index (Phi) is 3.71. The third-order valence-corrected chi connectivity index (χ3v) is 4.46. The number of likely N-dealkylation sites (tertiary alicyclic amines) is 1. The first kappa shape index (κ1) is 12.6. The van der Waals surface area contributed by atoms with Crippen molar-refractivity contribution in [2.75, 3.05) is 19.6 Å². The van der Waals surface area contributed by atoms with Gasteiger partial charge in [-0.25, -0.2) is 0 Å². The summed E-state index contributed by atoms with van der Waals surface area (Å²) in [5.74, 6) is 0. The minimum atomic E-state index is 0.314. The van der Waals surface area contributed by atoms with Crippen LogP contribution >= 0.6 is 15.9 Å². The Morgan fingerprint density at radius 3 is 2.67 bits per heavy atom. The predicted octanol–water partition coefficient (Wildman–Crippen LogP) is 2.31. The number of hydrogen-bond acceptors (Lipinski definition) is 3. The summed E-state index contributed by atoms with van der Waals surface area (Å²) in [5, 5.41) is 0. The molecule has 2 N–H and O–H groups in total. The zero-order valence-corrected chi connectivity index (χ0v) is 12.0. The molecule has 0 aromatic heterocycles. The van der Waals surface area contributed by atoms with Crippen molar-refractivity contribution >= 4 is 15.9 Å². The molecule has 1 aromatic carbocycles. The number of fused-ring (bicyclic) bond motifs is 2. The summed E-state index contributed by atoms with van der Waals surface area (Å²) < 4.78 is 7.01. The Morgan fingerprint density at radius 2 is 2.06 bits per heavy atom. The molecule has 18 heavy (non-hydrogen) atoms. The van der Waals surface area contributed by atoms with Crippen LogP contribution in [-0.2, 0) is 4.74 Å². The second-order valence-electron chi connectivity index (χ2n) is 5.22. The van der Waals surface area contributed by atoms with Crippen molar-refractivity contribution in [1.29, 1.82) is 0 Å². The lowest BCUT2D eigenvalue weighted by Gasteiger charge is -2.37. The fourth-order valence-electron chi connectivity index (χ4n) is 3.11. The van der Waals surface area contributed by atoms with Gasteiger partial charge in [0.15, 0.2) is 0 Å². The maximum absolute atomic E-state index is 6.00. The molecule has 2 aliphatic heterocycles. The molecule has 0 radical (unpaired) electrons. The number of halogens is 1. The average Bonchev–Trinajstić information content (AvgIpc) is 2.70. The number of benzene rings is 1. The summed E-state index contributed by atoms with van der Waals surface area (Å²) in [4.78, 5) is 2.49. The fraction of sp³-hybridized carbons (Fsp3) is 0.571. The summed E-state index contributed by atoms with van der Waals surface area (Å²) in [5.41, 5.74) is 7.30. The van der Waals surface area contributed by atoms with Crippen LogP contribution in [0.3, 0.4) is 0 Å². The van der Waals surface area contributed by atoms with E-state index in [0.717, 1.165) is 17.6 Å². The maximum Gasteiger partial charge on any atom is 0.0707 e. The Morgan fingerprint density at radius 1 is 1.33 bits per heavy atom. The molecule has 3 unspecified atom stereocenters. The number of ether oxygens (including phenoxy) is 1. The van der Waals surface area contributed by atoms with E-state index in [1.54, 1.807) is 0 Å². The number of hydrogen-bond donors (Lipinski definition) is 1. The van der Waals surface area contributed by atoms with Crippen molar-refractivity contribution < 1.29 is 4.74 Å². The van der Waals surface area contributed by atoms with Crippen molar-refractivity contribution in [3.63, 3.8) is 0 Å². The fourth-order valence-corrected chi connectivity index (χ4v) is 3.53. The number of nitrogens with two attached hydrogens (primary N) is 1. The van der Waals surface area contributed by atoms with Crippen LogP contribution in [0.25, 0.3) is 0 Å². The molecule has 2 bridgehead atoms. The molecule has 2 fully saturated rings. The quantitative estimate of drug-likeness (QED) is 0.931. The topological polar surface area (TPSA) is 38.5 Å². The largest absolute Gasteiger partial charge is 0.372 e. The highest BCUT2D eigenvalue weighted by atomic mass is 79.9. The summed E-state index contributed by atoms with van der Waals surface area (Å²) >= 11 is 3.54. The van der Waals surface area contributed by atoms with Gasteiger partial charge in [-0.2, -0.15) is 0 Å². The van der Waals surface area contributed by atoms with E-state index < -0.39 is 0 Å². The van der Waals surface area contributed by atoms with Crippen LogP contribution in [0, 0.1) is 0 Å². The molecule has 0 amide bonds. The number of nitrogens with zero attached hydrogens (tertiary/aromatic N) is 1. The lowest BCUT2D eigenvalue weighted by molar-refractivity contribution is -0.0521. The second-order valence-corrected chi connectivity index (χ2v) is 6.13. The molecule has 3 nitrogen and oxygen atoms in total. The molecule has 0 aliphatic carbocycles. The Labute approximate surface area is 116 Å². The van der Waals surface area contributed by atoms with Crippen molar-refractivity contribution in [3.05, 3.63) is 34.3 Å². The van der Waals surface area contributed by atoms with E-state index in [-0.39, 0.29) is 0 Å². The van der Waals surface area contributed by atoms with Gasteiger partial charge in [0.25, 0.3) is 0 Å². The highest BCUT2D eigenvalue weighted by molar-refractivity contribution is 9.10. The molecular weight excluding hydrogens is 292 g/mol. The first-order valence-corrected chi connectivity index (χ1v) is 7.40. The van der Waals surface area contributed by atoms with Crippen molar-refractivity contribution in [1.82, 2.24) is 4.90 Å². The molecule has 3 atom stereocenters. The van der Waals surface area contributed by atoms with Crippen LogP contribution in [-0.4, -0.2) is 36.7 Å². The third-order valence-electron chi connectivity index (χ3n) is 3.97. The molecular formula is C14H19BrN2O. The lowest BCUT2D eigenvalue weighted by Crippen LogP contribution is -2.46. The summed E-state index contributed by atoms with van der Waals surface area (Å²) in [7, 11) is 0. The first-order chi connectivity index (χ1) is 8.76. The molecule has 2 heterocycles. The van der Waals surface area contributed by atoms with E-state index in [2.05, 4.69) is 45.1 Å². The summed E-state index contributed by atoms with van der Waals surface area (Å²) in [6.07, 6.45) is 3.25. The van der Waals surface area contributed by atoms with E-state index in [1.165, 1.54) is 18.4 Å². The van der Waals surface area contributed by atoms with Crippen molar-refractivity contribution in [3.8, 4) is 0 Å². The summed E-state index contributed by atoms with van der Waals surface area (Å²) in [6.45, 7) is 2.70. The van der Waals surface area contributed by atoms with Crippen LogP contribution in [0.15, 0.2) is 28.7 Å². The zero-order chi connectivity index (χ0) is 12.5. The van der Waals surface area contributed by atoms with E-state index in [9.17, 15) is 0 Å². The number of morpholine rings is 1. The molecule has 1 aromatic rings. The van der Waals surface area contributed by atoms with E-state index in [4.69, 9.17) is 10.5 Å². The maximum atomic E-state index is 6.00. The van der Waals surface area contributed by atoms with Gasteiger partial charge in [-0.15, -0.1) is 0 Å². The zero-order valence-electron chi connectivity index (χ0n) is 10.4. The molecule has 2 saturated heterocycles. The van der Waals surface area contributed by atoms with Crippen molar-refractivity contribution in [2.45, 2.75) is 31.1 Å². The second kappa shape index (κ2) is 5.29. The molecule has 0 saturated carbocycles. The van der Waals surface area contributed by atoms with Gasteiger partial charge in [-0.05, 0) is 30.5 Å². The van der Waals surface area contributed by atoms with Gasteiger partial charge in [0.05, 0.1) is 12.2 Å². The van der Waals surface area contributed by atoms with Gasteiger partial charge in [-0.1, -0.05) is 28.1 Å². The van der Waals surface area contributed by atoms with Crippen LogP contribution in [0.1, 0.15) is 24.4 Å².